The zero-order chi connectivity index (χ0) is 12.6. The van der Waals surface area contributed by atoms with Crippen LogP contribution in [-0.4, -0.2) is 13.2 Å². The Morgan fingerprint density at radius 1 is 1.17 bits per heavy atom. The van der Waals surface area contributed by atoms with Gasteiger partial charge in [-0.2, -0.15) is 11.3 Å². The quantitative estimate of drug-likeness (QED) is 0.807. The van der Waals surface area contributed by atoms with Gasteiger partial charge < -0.3 is 10.1 Å². The number of benzene rings is 1. The average molecular weight is 261 g/mol. The summed E-state index contributed by atoms with van der Waals surface area (Å²) in [6, 6.07) is 10.3. The van der Waals surface area contributed by atoms with Crippen LogP contribution in [0.3, 0.4) is 0 Å². The van der Waals surface area contributed by atoms with E-state index in [4.69, 9.17) is 4.74 Å². The molecule has 2 rings (SSSR count). The highest BCUT2D eigenvalue weighted by molar-refractivity contribution is 7.07. The molecule has 0 bridgehead atoms. The summed E-state index contributed by atoms with van der Waals surface area (Å²) in [4.78, 5) is 0. The second-order valence-corrected chi connectivity index (χ2v) is 4.96. The van der Waals surface area contributed by atoms with Crippen molar-refractivity contribution in [3.05, 3.63) is 46.7 Å². The van der Waals surface area contributed by atoms with Crippen LogP contribution in [0.1, 0.15) is 18.9 Å². The Balaban J connectivity index is 1.75. The van der Waals surface area contributed by atoms with E-state index in [0.29, 0.717) is 0 Å². The third kappa shape index (κ3) is 4.08. The number of ether oxygens (including phenoxy) is 1. The number of thiophene rings is 1. The van der Waals surface area contributed by atoms with Crippen molar-refractivity contribution in [2.45, 2.75) is 19.8 Å². The van der Waals surface area contributed by atoms with Crippen molar-refractivity contribution in [1.29, 1.82) is 0 Å². The van der Waals surface area contributed by atoms with Gasteiger partial charge in [0.1, 0.15) is 5.75 Å². The lowest BCUT2D eigenvalue weighted by Crippen LogP contribution is -2.04. The molecule has 1 N–H and O–H groups in total. The molecule has 1 aromatic carbocycles. The molecule has 0 aliphatic rings. The molecule has 18 heavy (non-hydrogen) atoms. The van der Waals surface area contributed by atoms with E-state index >= 15 is 0 Å². The van der Waals surface area contributed by atoms with Gasteiger partial charge in [0.25, 0.3) is 0 Å². The van der Waals surface area contributed by atoms with Gasteiger partial charge in [-0.05, 0) is 59.5 Å². The lowest BCUT2D eigenvalue weighted by Gasteiger charge is -2.08. The Labute approximate surface area is 113 Å². The van der Waals surface area contributed by atoms with Gasteiger partial charge in [-0.3, -0.25) is 0 Å². The lowest BCUT2D eigenvalue weighted by atomic mass is 10.2. The van der Waals surface area contributed by atoms with Crippen molar-refractivity contribution in [2.24, 2.45) is 0 Å². The standard InChI is InChI=1S/C15H19NOS/c1-2-10-17-15-5-3-14(4-6-15)16-9-7-13-8-11-18-12-13/h3-6,8,11-12,16H,2,7,9-10H2,1H3. The summed E-state index contributed by atoms with van der Waals surface area (Å²) >= 11 is 1.75. The van der Waals surface area contributed by atoms with Crippen LogP contribution in [0.5, 0.6) is 5.75 Å². The fourth-order valence-corrected chi connectivity index (χ4v) is 2.38. The first-order valence-corrected chi connectivity index (χ1v) is 7.30. The highest BCUT2D eigenvalue weighted by Gasteiger charge is 1.96. The van der Waals surface area contributed by atoms with Crippen molar-refractivity contribution in [2.75, 3.05) is 18.5 Å². The van der Waals surface area contributed by atoms with Crippen LogP contribution in [0.2, 0.25) is 0 Å². The summed E-state index contributed by atoms with van der Waals surface area (Å²) in [5.74, 6) is 0.945. The number of rotatable bonds is 7. The Morgan fingerprint density at radius 2 is 2.00 bits per heavy atom. The smallest absolute Gasteiger partial charge is 0.119 e. The van der Waals surface area contributed by atoms with Crippen LogP contribution in [0, 0.1) is 0 Å². The van der Waals surface area contributed by atoms with Gasteiger partial charge in [0.2, 0.25) is 0 Å². The van der Waals surface area contributed by atoms with Crippen molar-refractivity contribution < 1.29 is 4.74 Å². The van der Waals surface area contributed by atoms with Crippen molar-refractivity contribution in [1.82, 2.24) is 0 Å². The van der Waals surface area contributed by atoms with Gasteiger partial charge in [-0.1, -0.05) is 6.92 Å². The first kappa shape index (κ1) is 13.0. The van der Waals surface area contributed by atoms with Gasteiger partial charge in [0, 0.05) is 12.2 Å². The predicted molar refractivity (Wildman–Crippen MR) is 78.7 cm³/mol. The molecule has 2 nitrogen and oxygen atoms in total. The molecule has 0 spiro atoms. The molecule has 1 heterocycles. The first-order valence-electron chi connectivity index (χ1n) is 6.36. The monoisotopic (exact) mass is 261 g/mol. The molecule has 3 heteroatoms. The summed E-state index contributed by atoms with van der Waals surface area (Å²) in [7, 11) is 0. The minimum absolute atomic E-state index is 0.783. The number of anilines is 1. The van der Waals surface area contributed by atoms with Gasteiger partial charge in [-0.25, -0.2) is 0 Å². The summed E-state index contributed by atoms with van der Waals surface area (Å²) in [5.41, 5.74) is 2.55. The van der Waals surface area contributed by atoms with Crippen LogP contribution in [-0.2, 0) is 6.42 Å². The molecule has 0 atom stereocenters. The van der Waals surface area contributed by atoms with Gasteiger partial charge >= 0.3 is 0 Å². The third-order valence-electron chi connectivity index (χ3n) is 2.65. The molecule has 1 aromatic heterocycles. The number of nitrogens with one attached hydrogen (secondary N) is 1. The average Bonchev–Trinajstić information content (AvgIpc) is 2.91. The SMILES string of the molecule is CCCOc1ccc(NCCc2ccsc2)cc1. The van der Waals surface area contributed by atoms with Gasteiger partial charge in [0.15, 0.2) is 0 Å². The molecule has 0 fully saturated rings. The van der Waals surface area contributed by atoms with E-state index in [2.05, 4.69) is 41.2 Å². The van der Waals surface area contributed by atoms with Gasteiger partial charge in [-0.15, -0.1) is 0 Å². The molecule has 0 saturated heterocycles. The number of hydrogen-bond acceptors (Lipinski definition) is 3. The molecular weight excluding hydrogens is 242 g/mol. The number of hydrogen-bond donors (Lipinski definition) is 1. The fourth-order valence-electron chi connectivity index (χ4n) is 1.68. The van der Waals surface area contributed by atoms with Crippen LogP contribution < -0.4 is 10.1 Å². The highest BCUT2D eigenvalue weighted by Crippen LogP contribution is 2.16. The van der Waals surface area contributed by atoms with E-state index in [1.54, 1.807) is 11.3 Å². The molecule has 0 amide bonds. The Bertz CT molecular complexity index is 436. The lowest BCUT2D eigenvalue weighted by molar-refractivity contribution is 0.317. The minimum Gasteiger partial charge on any atom is -0.494 e. The van der Waals surface area contributed by atoms with E-state index in [9.17, 15) is 0 Å². The zero-order valence-corrected chi connectivity index (χ0v) is 11.5. The van der Waals surface area contributed by atoms with Crippen molar-refractivity contribution in [3.8, 4) is 5.75 Å². The summed E-state index contributed by atoms with van der Waals surface area (Å²) in [5, 5.41) is 7.73. The summed E-state index contributed by atoms with van der Waals surface area (Å²) in [6.45, 7) is 3.86. The fraction of sp³-hybridized carbons (Fsp3) is 0.333. The van der Waals surface area contributed by atoms with Crippen LogP contribution >= 0.6 is 11.3 Å². The first-order chi connectivity index (χ1) is 8.88. The maximum absolute atomic E-state index is 5.55. The summed E-state index contributed by atoms with van der Waals surface area (Å²) < 4.78 is 5.55. The third-order valence-corrected chi connectivity index (χ3v) is 3.38. The van der Waals surface area contributed by atoms with Crippen LogP contribution in [0.15, 0.2) is 41.1 Å². The van der Waals surface area contributed by atoms with Crippen LogP contribution in [0.4, 0.5) is 5.69 Å². The van der Waals surface area contributed by atoms with Gasteiger partial charge in [0.05, 0.1) is 6.61 Å². The van der Waals surface area contributed by atoms with E-state index in [1.165, 1.54) is 5.56 Å². The molecule has 0 radical (unpaired) electrons. The maximum Gasteiger partial charge on any atom is 0.119 e. The van der Waals surface area contributed by atoms with Crippen molar-refractivity contribution in [3.63, 3.8) is 0 Å². The minimum atomic E-state index is 0.783. The van der Waals surface area contributed by atoms with E-state index in [1.807, 2.05) is 12.1 Å². The zero-order valence-electron chi connectivity index (χ0n) is 10.7. The molecule has 0 unspecified atom stereocenters. The summed E-state index contributed by atoms with van der Waals surface area (Å²) in [6.07, 6.45) is 2.11. The molecule has 0 aliphatic heterocycles. The Kier molecular flexibility index (Phi) is 5.09. The maximum atomic E-state index is 5.55. The normalized spacial score (nSPS) is 10.3. The molecular formula is C15H19NOS. The van der Waals surface area contributed by atoms with E-state index < -0.39 is 0 Å². The molecule has 96 valence electrons. The second-order valence-electron chi connectivity index (χ2n) is 4.18. The largest absolute Gasteiger partial charge is 0.494 e. The predicted octanol–water partition coefficient (Wildman–Crippen LogP) is 4.19. The molecule has 2 aromatic rings. The topological polar surface area (TPSA) is 21.3 Å². The molecule has 0 aliphatic carbocycles. The molecule has 0 saturated carbocycles. The van der Waals surface area contributed by atoms with E-state index in [0.717, 1.165) is 37.4 Å². The van der Waals surface area contributed by atoms with Crippen LogP contribution in [0.25, 0.3) is 0 Å². The van der Waals surface area contributed by atoms with Crippen molar-refractivity contribution >= 4 is 17.0 Å². The Morgan fingerprint density at radius 3 is 2.67 bits per heavy atom. The Hall–Kier alpha value is -1.48. The second kappa shape index (κ2) is 7.07. The highest BCUT2D eigenvalue weighted by atomic mass is 32.1. The van der Waals surface area contributed by atoms with E-state index in [-0.39, 0.29) is 0 Å².